The fraction of sp³-hybridized carbons (Fsp3) is 0.381. The van der Waals surface area contributed by atoms with Crippen molar-refractivity contribution in [1.29, 1.82) is 0 Å². The molecule has 138 valence electrons. The Morgan fingerprint density at radius 1 is 1.19 bits per heavy atom. The second kappa shape index (κ2) is 8.72. The van der Waals surface area contributed by atoms with Gasteiger partial charge < -0.3 is 19.5 Å². The van der Waals surface area contributed by atoms with Gasteiger partial charge in [-0.2, -0.15) is 0 Å². The minimum atomic E-state index is -0.149. The zero-order valence-corrected chi connectivity index (χ0v) is 15.3. The van der Waals surface area contributed by atoms with Gasteiger partial charge in [-0.3, -0.25) is 4.79 Å². The SMILES string of the molecule is CCOc1ccc(C(=O)Nc2ccc(OCC3CCCO3)cc2)cc1C. The van der Waals surface area contributed by atoms with Gasteiger partial charge in [-0.1, -0.05) is 0 Å². The van der Waals surface area contributed by atoms with Crippen molar-refractivity contribution in [3.8, 4) is 11.5 Å². The van der Waals surface area contributed by atoms with E-state index < -0.39 is 0 Å². The predicted octanol–water partition coefficient (Wildman–Crippen LogP) is 4.20. The number of carbonyl (C=O) groups excluding carboxylic acids is 1. The number of anilines is 1. The minimum Gasteiger partial charge on any atom is -0.494 e. The zero-order chi connectivity index (χ0) is 18.4. The van der Waals surface area contributed by atoms with E-state index in [1.807, 2.05) is 50.2 Å². The first-order chi connectivity index (χ1) is 12.7. The van der Waals surface area contributed by atoms with Crippen LogP contribution in [0.1, 0.15) is 35.7 Å². The molecule has 0 aliphatic carbocycles. The lowest BCUT2D eigenvalue weighted by Crippen LogP contribution is -2.16. The summed E-state index contributed by atoms with van der Waals surface area (Å²) in [5, 5.41) is 2.90. The van der Waals surface area contributed by atoms with Gasteiger partial charge in [0.2, 0.25) is 0 Å². The number of hydrogen-bond donors (Lipinski definition) is 1. The lowest BCUT2D eigenvalue weighted by atomic mass is 10.1. The molecule has 1 aliphatic rings. The molecule has 5 nitrogen and oxygen atoms in total. The van der Waals surface area contributed by atoms with Gasteiger partial charge in [0.15, 0.2) is 0 Å². The topological polar surface area (TPSA) is 56.8 Å². The Hall–Kier alpha value is -2.53. The van der Waals surface area contributed by atoms with Crippen molar-refractivity contribution < 1.29 is 19.0 Å². The van der Waals surface area contributed by atoms with E-state index >= 15 is 0 Å². The van der Waals surface area contributed by atoms with Crippen molar-refractivity contribution in [2.24, 2.45) is 0 Å². The zero-order valence-electron chi connectivity index (χ0n) is 15.3. The maximum absolute atomic E-state index is 12.4. The number of aryl methyl sites for hydroxylation is 1. The smallest absolute Gasteiger partial charge is 0.255 e. The van der Waals surface area contributed by atoms with Gasteiger partial charge >= 0.3 is 0 Å². The highest BCUT2D eigenvalue weighted by Gasteiger charge is 2.16. The third-order valence-electron chi connectivity index (χ3n) is 4.31. The highest BCUT2D eigenvalue weighted by Crippen LogP contribution is 2.21. The fourth-order valence-corrected chi connectivity index (χ4v) is 2.91. The van der Waals surface area contributed by atoms with E-state index in [0.717, 1.165) is 42.2 Å². The van der Waals surface area contributed by atoms with Gasteiger partial charge in [0, 0.05) is 17.9 Å². The van der Waals surface area contributed by atoms with E-state index in [4.69, 9.17) is 14.2 Å². The standard InChI is InChI=1S/C21H25NO4/c1-3-24-20-11-6-16(13-15(20)2)21(23)22-17-7-9-18(10-8-17)26-14-19-5-4-12-25-19/h6-11,13,19H,3-5,12,14H2,1-2H3,(H,22,23). The number of carbonyl (C=O) groups is 1. The number of nitrogens with one attached hydrogen (secondary N) is 1. The molecule has 1 heterocycles. The first-order valence-electron chi connectivity index (χ1n) is 9.05. The number of benzene rings is 2. The minimum absolute atomic E-state index is 0.149. The molecule has 2 aromatic rings. The molecule has 0 spiro atoms. The van der Waals surface area contributed by atoms with Crippen LogP contribution >= 0.6 is 0 Å². The van der Waals surface area contributed by atoms with Crippen LogP contribution in [0, 0.1) is 6.92 Å². The Balaban J connectivity index is 1.56. The first kappa shape index (κ1) is 18.3. The summed E-state index contributed by atoms with van der Waals surface area (Å²) in [4.78, 5) is 12.4. The summed E-state index contributed by atoms with van der Waals surface area (Å²) in [6.45, 7) is 5.87. The van der Waals surface area contributed by atoms with Gasteiger partial charge in [-0.05, 0) is 74.7 Å². The lowest BCUT2D eigenvalue weighted by molar-refractivity contribution is 0.0679. The maximum atomic E-state index is 12.4. The fourth-order valence-electron chi connectivity index (χ4n) is 2.91. The predicted molar refractivity (Wildman–Crippen MR) is 101 cm³/mol. The second-order valence-electron chi connectivity index (χ2n) is 6.34. The Morgan fingerprint density at radius 3 is 2.65 bits per heavy atom. The van der Waals surface area contributed by atoms with Crippen LogP contribution in [0.15, 0.2) is 42.5 Å². The van der Waals surface area contributed by atoms with Crippen molar-refractivity contribution >= 4 is 11.6 Å². The van der Waals surface area contributed by atoms with Crippen LogP contribution in [0.5, 0.6) is 11.5 Å². The van der Waals surface area contributed by atoms with Crippen LogP contribution in [-0.2, 0) is 4.74 Å². The summed E-state index contributed by atoms with van der Waals surface area (Å²) in [6, 6.07) is 12.8. The molecular formula is C21H25NO4. The molecule has 2 aromatic carbocycles. The van der Waals surface area contributed by atoms with E-state index in [-0.39, 0.29) is 12.0 Å². The molecule has 0 aromatic heterocycles. The number of ether oxygens (including phenoxy) is 3. The third kappa shape index (κ3) is 4.76. The van der Waals surface area contributed by atoms with E-state index in [9.17, 15) is 4.79 Å². The summed E-state index contributed by atoms with van der Waals surface area (Å²) >= 11 is 0. The van der Waals surface area contributed by atoms with Crippen molar-refractivity contribution in [3.63, 3.8) is 0 Å². The van der Waals surface area contributed by atoms with Gasteiger partial charge in [-0.15, -0.1) is 0 Å². The van der Waals surface area contributed by atoms with Crippen molar-refractivity contribution in [2.45, 2.75) is 32.8 Å². The van der Waals surface area contributed by atoms with E-state index in [1.165, 1.54) is 0 Å². The lowest BCUT2D eigenvalue weighted by Gasteiger charge is -2.12. The van der Waals surface area contributed by atoms with Crippen molar-refractivity contribution in [2.75, 3.05) is 25.1 Å². The molecule has 5 heteroatoms. The third-order valence-corrected chi connectivity index (χ3v) is 4.31. The molecule has 1 fully saturated rings. The number of rotatable bonds is 7. The largest absolute Gasteiger partial charge is 0.494 e. The van der Waals surface area contributed by atoms with Gasteiger partial charge in [0.25, 0.3) is 5.91 Å². The Bertz CT molecular complexity index is 736. The van der Waals surface area contributed by atoms with Crippen LogP contribution in [-0.4, -0.2) is 31.8 Å². The van der Waals surface area contributed by atoms with Crippen molar-refractivity contribution in [3.05, 3.63) is 53.6 Å². The van der Waals surface area contributed by atoms with Gasteiger partial charge in [0.05, 0.1) is 12.7 Å². The summed E-state index contributed by atoms with van der Waals surface area (Å²) in [5.41, 5.74) is 2.27. The molecule has 1 amide bonds. The Kier molecular flexibility index (Phi) is 6.12. The molecule has 26 heavy (non-hydrogen) atoms. The normalized spacial score (nSPS) is 16.3. The first-order valence-corrected chi connectivity index (χ1v) is 9.05. The van der Waals surface area contributed by atoms with Crippen molar-refractivity contribution in [1.82, 2.24) is 0 Å². The molecule has 1 atom stereocenters. The average molecular weight is 355 g/mol. The molecule has 3 rings (SSSR count). The number of hydrogen-bond acceptors (Lipinski definition) is 4. The van der Waals surface area contributed by atoms with Gasteiger partial charge in [-0.25, -0.2) is 0 Å². The van der Waals surface area contributed by atoms with Crippen LogP contribution < -0.4 is 14.8 Å². The van der Waals surface area contributed by atoms with Gasteiger partial charge in [0.1, 0.15) is 18.1 Å². The molecule has 1 aliphatic heterocycles. The Labute approximate surface area is 154 Å². The average Bonchev–Trinajstić information content (AvgIpc) is 3.16. The van der Waals surface area contributed by atoms with E-state index in [2.05, 4.69) is 5.32 Å². The van der Waals surface area contributed by atoms with Crippen LogP contribution in [0.2, 0.25) is 0 Å². The molecule has 0 saturated carbocycles. The second-order valence-corrected chi connectivity index (χ2v) is 6.34. The van der Waals surface area contributed by atoms with Crippen LogP contribution in [0.3, 0.4) is 0 Å². The quantitative estimate of drug-likeness (QED) is 0.808. The summed E-state index contributed by atoms with van der Waals surface area (Å²) < 4.78 is 16.8. The molecular weight excluding hydrogens is 330 g/mol. The van der Waals surface area contributed by atoms with E-state index in [0.29, 0.717) is 18.8 Å². The molecule has 0 radical (unpaired) electrons. The number of amides is 1. The highest BCUT2D eigenvalue weighted by atomic mass is 16.5. The molecule has 1 saturated heterocycles. The highest BCUT2D eigenvalue weighted by molar-refractivity contribution is 6.04. The molecule has 0 bridgehead atoms. The summed E-state index contributed by atoms with van der Waals surface area (Å²) in [7, 11) is 0. The van der Waals surface area contributed by atoms with Crippen LogP contribution in [0.4, 0.5) is 5.69 Å². The molecule has 1 unspecified atom stereocenters. The summed E-state index contributed by atoms with van der Waals surface area (Å²) in [5.74, 6) is 1.43. The monoisotopic (exact) mass is 355 g/mol. The summed E-state index contributed by atoms with van der Waals surface area (Å²) in [6.07, 6.45) is 2.34. The Morgan fingerprint density at radius 2 is 2.00 bits per heavy atom. The molecule has 1 N–H and O–H groups in total. The van der Waals surface area contributed by atoms with E-state index in [1.54, 1.807) is 6.07 Å². The van der Waals surface area contributed by atoms with Crippen LogP contribution in [0.25, 0.3) is 0 Å². The maximum Gasteiger partial charge on any atom is 0.255 e.